The molecule has 0 aliphatic rings. The Balaban J connectivity index is 1.80. The van der Waals surface area contributed by atoms with Crippen molar-refractivity contribution in [1.29, 1.82) is 0 Å². The standard InChI is InChI=1S/C15H20N2O/c1-2-17-8-7-15(11-17)10-16-9-13-3-5-14(12-18)6-4-13/h3-8,11,16,18H,2,9-10,12H2,1H3. The summed E-state index contributed by atoms with van der Waals surface area (Å²) in [6.45, 7) is 5.00. The molecule has 0 atom stereocenters. The van der Waals surface area contributed by atoms with Crippen LogP contribution in [0.25, 0.3) is 0 Å². The van der Waals surface area contributed by atoms with Gasteiger partial charge in [-0.3, -0.25) is 0 Å². The van der Waals surface area contributed by atoms with E-state index in [0.29, 0.717) is 0 Å². The number of hydrogen-bond acceptors (Lipinski definition) is 2. The van der Waals surface area contributed by atoms with Crippen LogP contribution in [-0.2, 0) is 26.2 Å². The summed E-state index contributed by atoms with van der Waals surface area (Å²) in [6.07, 6.45) is 4.27. The van der Waals surface area contributed by atoms with E-state index in [9.17, 15) is 0 Å². The smallest absolute Gasteiger partial charge is 0.0681 e. The van der Waals surface area contributed by atoms with Crippen molar-refractivity contribution in [2.45, 2.75) is 33.2 Å². The molecule has 0 fully saturated rings. The predicted octanol–water partition coefficient (Wildman–Crippen LogP) is 2.29. The van der Waals surface area contributed by atoms with E-state index in [-0.39, 0.29) is 6.61 Å². The first-order chi connectivity index (χ1) is 8.81. The molecule has 0 saturated carbocycles. The molecule has 2 aromatic rings. The molecule has 1 heterocycles. The molecule has 1 aromatic carbocycles. The Bertz CT molecular complexity index is 473. The van der Waals surface area contributed by atoms with Gasteiger partial charge in [0.15, 0.2) is 0 Å². The predicted molar refractivity (Wildman–Crippen MR) is 73.0 cm³/mol. The molecule has 0 aliphatic carbocycles. The number of nitrogens with one attached hydrogen (secondary N) is 1. The van der Waals surface area contributed by atoms with E-state index in [1.807, 2.05) is 12.1 Å². The molecule has 2 N–H and O–H groups in total. The van der Waals surface area contributed by atoms with Crippen LogP contribution in [0.2, 0.25) is 0 Å². The number of aryl methyl sites for hydroxylation is 1. The molecule has 96 valence electrons. The Morgan fingerprint density at radius 2 is 1.67 bits per heavy atom. The largest absolute Gasteiger partial charge is 0.392 e. The summed E-state index contributed by atoms with van der Waals surface area (Å²) in [5.74, 6) is 0. The topological polar surface area (TPSA) is 37.2 Å². The zero-order valence-corrected chi connectivity index (χ0v) is 10.8. The first-order valence-corrected chi connectivity index (χ1v) is 6.36. The van der Waals surface area contributed by atoms with Crippen molar-refractivity contribution in [3.05, 3.63) is 59.4 Å². The van der Waals surface area contributed by atoms with Gasteiger partial charge in [-0.25, -0.2) is 0 Å². The van der Waals surface area contributed by atoms with Gasteiger partial charge in [-0.05, 0) is 29.7 Å². The van der Waals surface area contributed by atoms with Gasteiger partial charge in [0.1, 0.15) is 0 Å². The van der Waals surface area contributed by atoms with Crippen molar-refractivity contribution in [2.75, 3.05) is 0 Å². The summed E-state index contributed by atoms with van der Waals surface area (Å²) in [4.78, 5) is 0. The number of aliphatic hydroxyl groups excluding tert-OH is 1. The zero-order valence-electron chi connectivity index (χ0n) is 10.8. The summed E-state index contributed by atoms with van der Waals surface area (Å²) >= 11 is 0. The lowest BCUT2D eigenvalue weighted by molar-refractivity contribution is 0.282. The lowest BCUT2D eigenvalue weighted by Crippen LogP contribution is -2.12. The third kappa shape index (κ3) is 3.45. The van der Waals surface area contributed by atoms with E-state index >= 15 is 0 Å². The fourth-order valence-corrected chi connectivity index (χ4v) is 1.91. The van der Waals surface area contributed by atoms with Crippen LogP contribution in [0.1, 0.15) is 23.6 Å². The highest BCUT2D eigenvalue weighted by molar-refractivity contribution is 5.22. The highest BCUT2D eigenvalue weighted by Crippen LogP contribution is 2.05. The molecule has 0 bridgehead atoms. The molecule has 0 aliphatic heterocycles. The molecule has 18 heavy (non-hydrogen) atoms. The maximum Gasteiger partial charge on any atom is 0.0681 e. The summed E-state index contributed by atoms with van der Waals surface area (Å²) in [5.41, 5.74) is 3.50. The van der Waals surface area contributed by atoms with Gasteiger partial charge in [-0.2, -0.15) is 0 Å². The van der Waals surface area contributed by atoms with E-state index in [1.54, 1.807) is 0 Å². The van der Waals surface area contributed by atoms with Gasteiger partial charge >= 0.3 is 0 Å². The summed E-state index contributed by atoms with van der Waals surface area (Å²) in [7, 11) is 0. The van der Waals surface area contributed by atoms with E-state index in [1.165, 1.54) is 11.1 Å². The first-order valence-electron chi connectivity index (χ1n) is 6.36. The normalized spacial score (nSPS) is 10.8. The summed E-state index contributed by atoms with van der Waals surface area (Å²) < 4.78 is 2.17. The summed E-state index contributed by atoms with van der Waals surface area (Å²) in [6, 6.07) is 10.2. The molecule has 2 rings (SSSR count). The van der Waals surface area contributed by atoms with E-state index in [0.717, 1.165) is 25.2 Å². The SMILES string of the molecule is CCn1ccc(CNCc2ccc(CO)cc2)c1. The van der Waals surface area contributed by atoms with Crippen LogP contribution < -0.4 is 5.32 Å². The third-order valence-corrected chi connectivity index (χ3v) is 3.04. The van der Waals surface area contributed by atoms with E-state index in [2.05, 4.69) is 47.4 Å². The average Bonchev–Trinajstić information content (AvgIpc) is 2.87. The minimum atomic E-state index is 0.109. The van der Waals surface area contributed by atoms with Gasteiger partial charge in [-0.1, -0.05) is 24.3 Å². The lowest BCUT2D eigenvalue weighted by atomic mass is 10.1. The minimum Gasteiger partial charge on any atom is -0.392 e. The molecular formula is C15H20N2O. The van der Waals surface area contributed by atoms with Crippen molar-refractivity contribution in [1.82, 2.24) is 9.88 Å². The zero-order chi connectivity index (χ0) is 12.8. The number of benzene rings is 1. The fraction of sp³-hybridized carbons (Fsp3) is 0.333. The summed E-state index contributed by atoms with van der Waals surface area (Å²) in [5, 5.41) is 12.4. The van der Waals surface area contributed by atoms with Gasteiger partial charge in [0.05, 0.1) is 6.61 Å². The number of nitrogens with zero attached hydrogens (tertiary/aromatic N) is 1. The van der Waals surface area contributed by atoms with Gasteiger partial charge in [0.25, 0.3) is 0 Å². The number of hydrogen-bond donors (Lipinski definition) is 2. The van der Waals surface area contributed by atoms with E-state index in [4.69, 9.17) is 5.11 Å². The molecule has 0 radical (unpaired) electrons. The van der Waals surface area contributed by atoms with Gasteiger partial charge in [0, 0.05) is 32.0 Å². The molecule has 0 amide bonds. The molecular weight excluding hydrogens is 224 g/mol. The lowest BCUT2D eigenvalue weighted by Gasteiger charge is -2.04. The van der Waals surface area contributed by atoms with Crippen molar-refractivity contribution in [2.24, 2.45) is 0 Å². The Morgan fingerprint density at radius 3 is 2.28 bits per heavy atom. The maximum atomic E-state index is 8.96. The van der Waals surface area contributed by atoms with Gasteiger partial charge in [0.2, 0.25) is 0 Å². The Kier molecular flexibility index (Phi) is 4.56. The van der Waals surface area contributed by atoms with Crippen LogP contribution in [0.4, 0.5) is 0 Å². The molecule has 3 nitrogen and oxygen atoms in total. The average molecular weight is 244 g/mol. The highest BCUT2D eigenvalue weighted by Gasteiger charge is 1.97. The van der Waals surface area contributed by atoms with Crippen LogP contribution in [0.5, 0.6) is 0 Å². The van der Waals surface area contributed by atoms with Crippen molar-refractivity contribution < 1.29 is 5.11 Å². The first kappa shape index (κ1) is 12.9. The van der Waals surface area contributed by atoms with Crippen LogP contribution in [0.3, 0.4) is 0 Å². The second-order valence-corrected chi connectivity index (χ2v) is 4.43. The van der Waals surface area contributed by atoms with E-state index < -0.39 is 0 Å². The van der Waals surface area contributed by atoms with Crippen LogP contribution in [0, 0.1) is 0 Å². The number of aromatic nitrogens is 1. The van der Waals surface area contributed by atoms with Crippen molar-refractivity contribution >= 4 is 0 Å². The molecule has 0 saturated heterocycles. The van der Waals surface area contributed by atoms with Gasteiger partial charge < -0.3 is 15.0 Å². The maximum absolute atomic E-state index is 8.96. The molecule has 1 aromatic heterocycles. The minimum absolute atomic E-state index is 0.109. The van der Waals surface area contributed by atoms with Crippen LogP contribution in [0.15, 0.2) is 42.7 Å². The van der Waals surface area contributed by atoms with Crippen LogP contribution >= 0.6 is 0 Å². The molecule has 0 spiro atoms. The number of rotatable bonds is 6. The highest BCUT2D eigenvalue weighted by atomic mass is 16.3. The quantitative estimate of drug-likeness (QED) is 0.818. The Morgan fingerprint density at radius 1 is 1.00 bits per heavy atom. The monoisotopic (exact) mass is 244 g/mol. The molecule has 0 unspecified atom stereocenters. The molecule has 3 heteroatoms. The van der Waals surface area contributed by atoms with Gasteiger partial charge in [-0.15, -0.1) is 0 Å². The third-order valence-electron chi connectivity index (χ3n) is 3.04. The Hall–Kier alpha value is -1.58. The number of aliphatic hydroxyl groups is 1. The van der Waals surface area contributed by atoms with Crippen LogP contribution in [-0.4, -0.2) is 9.67 Å². The fourth-order valence-electron chi connectivity index (χ4n) is 1.91. The second-order valence-electron chi connectivity index (χ2n) is 4.43. The second kappa shape index (κ2) is 6.38. The Labute approximate surface area is 108 Å². The van der Waals surface area contributed by atoms with Crippen molar-refractivity contribution in [3.63, 3.8) is 0 Å². The van der Waals surface area contributed by atoms with Crippen molar-refractivity contribution in [3.8, 4) is 0 Å².